The highest BCUT2D eigenvalue weighted by Gasteiger charge is 2.07. The predicted molar refractivity (Wildman–Crippen MR) is 49.7 cm³/mol. The number of carbonyl (C=O) groups excluding carboxylic acids is 1. The lowest BCUT2D eigenvalue weighted by molar-refractivity contribution is -0.111. The molecule has 0 bridgehead atoms. The van der Waals surface area contributed by atoms with Gasteiger partial charge < -0.3 is 4.90 Å². The first-order valence-corrected chi connectivity index (χ1v) is 3.89. The molecule has 0 aliphatic heterocycles. The summed E-state index contributed by atoms with van der Waals surface area (Å²) >= 11 is 0. The average Bonchev–Trinajstić information content (AvgIpc) is 1.82. The Hall–Kier alpha value is -1.31. The number of allylic oxidation sites excluding steroid dienone is 6. The molecule has 1 rings (SSSR count). The van der Waals surface area contributed by atoms with Crippen molar-refractivity contribution < 1.29 is 4.79 Å². The topological polar surface area (TPSA) is 20.3 Å². The maximum absolute atomic E-state index is 11.3. The van der Waals surface area contributed by atoms with Gasteiger partial charge in [0.15, 0.2) is 5.78 Å². The minimum atomic E-state index is 0.0868. The van der Waals surface area contributed by atoms with Crippen LogP contribution in [0.5, 0.6) is 0 Å². The molecule has 0 aromatic carbocycles. The van der Waals surface area contributed by atoms with Crippen LogP contribution in [0.2, 0.25) is 0 Å². The SMILES string of the molecule is CC(=CC(=O)C1=CC=C1)N(C)C. The van der Waals surface area contributed by atoms with Gasteiger partial charge in [-0.25, -0.2) is 0 Å². The first-order valence-electron chi connectivity index (χ1n) is 3.89. The van der Waals surface area contributed by atoms with Gasteiger partial charge in [-0.2, -0.15) is 0 Å². The standard InChI is InChI=1S/C10H13NO/c1-8(11(2)3)7-10(12)9-5-4-6-9/h4-7H,1-3H3. The fourth-order valence-corrected chi connectivity index (χ4v) is 0.759. The van der Waals surface area contributed by atoms with Crippen LogP contribution in [-0.2, 0) is 4.79 Å². The van der Waals surface area contributed by atoms with Crippen molar-refractivity contribution in [3.8, 4) is 0 Å². The van der Waals surface area contributed by atoms with Crippen LogP contribution in [0.4, 0.5) is 0 Å². The number of hydrogen-bond acceptors (Lipinski definition) is 2. The fourth-order valence-electron chi connectivity index (χ4n) is 0.759. The van der Waals surface area contributed by atoms with E-state index in [1.165, 1.54) is 0 Å². The summed E-state index contributed by atoms with van der Waals surface area (Å²) in [5.41, 5.74) is 1.76. The molecule has 0 fully saturated rings. The molecule has 0 amide bonds. The molecule has 1 aliphatic carbocycles. The molecule has 0 aromatic rings. The molecular weight excluding hydrogens is 150 g/mol. The first-order chi connectivity index (χ1) is 5.61. The van der Waals surface area contributed by atoms with Crippen LogP contribution in [0, 0.1) is 0 Å². The molecule has 0 heterocycles. The third-order valence-electron chi connectivity index (χ3n) is 1.88. The van der Waals surface area contributed by atoms with Crippen LogP contribution in [0.25, 0.3) is 0 Å². The summed E-state index contributed by atoms with van der Waals surface area (Å²) in [5, 5.41) is 0. The molecule has 0 radical (unpaired) electrons. The van der Waals surface area contributed by atoms with E-state index >= 15 is 0 Å². The van der Waals surface area contributed by atoms with Crippen molar-refractivity contribution in [2.24, 2.45) is 0 Å². The smallest absolute Gasteiger partial charge is 0.187 e. The molecule has 2 nitrogen and oxygen atoms in total. The zero-order chi connectivity index (χ0) is 9.14. The van der Waals surface area contributed by atoms with Crippen LogP contribution in [0.15, 0.2) is 35.6 Å². The fraction of sp³-hybridized carbons (Fsp3) is 0.300. The number of carbonyl (C=O) groups is 1. The molecule has 0 unspecified atom stereocenters. The van der Waals surface area contributed by atoms with Crippen molar-refractivity contribution >= 4 is 5.78 Å². The van der Waals surface area contributed by atoms with Gasteiger partial charge in [0.05, 0.1) is 0 Å². The van der Waals surface area contributed by atoms with Crippen molar-refractivity contribution in [2.75, 3.05) is 14.1 Å². The molecule has 0 aromatic heterocycles. The summed E-state index contributed by atoms with van der Waals surface area (Å²) in [6.45, 7) is 1.92. The number of rotatable bonds is 3. The highest BCUT2D eigenvalue weighted by atomic mass is 16.1. The van der Waals surface area contributed by atoms with E-state index in [4.69, 9.17) is 0 Å². The van der Waals surface area contributed by atoms with E-state index in [2.05, 4.69) is 0 Å². The van der Waals surface area contributed by atoms with Crippen molar-refractivity contribution in [2.45, 2.75) is 6.92 Å². The zero-order valence-corrected chi connectivity index (χ0v) is 7.66. The maximum Gasteiger partial charge on any atom is 0.187 e. The van der Waals surface area contributed by atoms with Gasteiger partial charge in [0, 0.05) is 31.4 Å². The second-order valence-electron chi connectivity index (χ2n) is 3.03. The molecule has 0 saturated carbocycles. The highest BCUT2D eigenvalue weighted by molar-refractivity contribution is 6.07. The molecule has 0 saturated heterocycles. The van der Waals surface area contributed by atoms with Crippen molar-refractivity contribution in [3.63, 3.8) is 0 Å². The van der Waals surface area contributed by atoms with E-state index < -0.39 is 0 Å². The molecule has 0 N–H and O–H groups in total. The van der Waals surface area contributed by atoms with E-state index in [9.17, 15) is 4.79 Å². The van der Waals surface area contributed by atoms with E-state index in [1.54, 1.807) is 6.08 Å². The van der Waals surface area contributed by atoms with Gasteiger partial charge >= 0.3 is 0 Å². The quantitative estimate of drug-likeness (QED) is 0.588. The second kappa shape index (κ2) is 3.39. The monoisotopic (exact) mass is 163 g/mol. The number of ketones is 1. The third-order valence-corrected chi connectivity index (χ3v) is 1.88. The predicted octanol–water partition coefficient (Wildman–Crippen LogP) is 1.52. The van der Waals surface area contributed by atoms with Crippen LogP contribution in [0.1, 0.15) is 6.92 Å². The van der Waals surface area contributed by atoms with Crippen LogP contribution in [0.3, 0.4) is 0 Å². The Morgan fingerprint density at radius 1 is 1.50 bits per heavy atom. The zero-order valence-electron chi connectivity index (χ0n) is 7.66. The van der Waals surface area contributed by atoms with Crippen molar-refractivity contribution in [1.82, 2.24) is 4.90 Å². The first kappa shape index (κ1) is 8.78. The largest absolute Gasteiger partial charge is 0.381 e. The molecule has 2 heteroatoms. The highest BCUT2D eigenvalue weighted by Crippen LogP contribution is 2.10. The second-order valence-corrected chi connectivity index (χ2v) is 3.03. The Kier molecular flexibility index (Phi) is 2.48. The Morgan fingerprint density at radius 3 is 2.42 bits per heavy atom. The van der Waals surface area contributed by atoms with Gasteiger partial charge in [-0.05, 0) is 6.92 Å². The van der Waals surface area contributed by atoms with Gasteiger partial charge in [0.25, 0.3) is 0 Å². The molecule has 0 atom stereocenters. The summed E-state index contributed by atoms with van der Waals surface area (Å²) in [5.74, 6) is 0.0868. The average molecular weight is 163 g/mol. The molecular formula is C10H13NO. The Labute approximate surface area is 72.9 Å². The summed E-state index contributed by atoms with van der Waals surface area (Å²) in [6.07, 6.45) is 7.16. The van der Waals surface area contributed by atoms with Gasteiger partial charge in [0.2, 0.25) is 0 Å². The van der Waals surface area contributed by atoms with Gasteiger partial charge in [-0.15, -0.1) is 0 Å². The normalized spacial score (nSPS) is 15.2. The molecule has 0 spiro atoms. The summed E-state index contributed by atoms with van der Waals surface area (Å²) in [7, 11) is 3.84. The van der Waals surface area contributed by atoms with Gasteiger partial charge in [0.1, 0.15) is 0 Å². The maximum atomic E-state index is 11.3. The van der Waals surface area contributed by atoms with Crippen LogP contribution < -0.4 is 0 Å². The minimum Gasteiger partial charge on any atom is -0.381 e. The van der Waals surface area contributed by atoms with Crippen LogP contribution in [-0.4, -0.2) is 24.8 Å². The van der Waals surface area contributed by atoms with Gasteiger partial charge in [-0.3, -0.25) is 4.79 Å². The lowest BCUT2D eigenvalue weighted by Crippen LogP contribution is -2.11. The van der Waals surface area contributed by atoms with E-state index in [0.717, 1.165) is 11.3 Å². The van der Waals surface area contributed by atoms with Crippen LogP contribution >= 0.6 is 0 Å². The Balaban J connectivity index is 2.60. The summed E-state index contributed by atoms with van der Waals surface area (Å²) < 4.78 is 0. The number of hydrogen-bond donors (Lipinski definition) is 0. The van der Waals surface area contributed by atoms with Crippen molar-refractivity contribution in [3.05, 3.63) is 35.6 Å². The van der Waals surface area contributed by atoms with E-state index in [1.807, 2.05) is 44.1 Å². The molecule has 1 aliphatic rings. The third kappa shape index (κ3) is 1.84. The Bertz CT molecular complexity index is 282. The lowest BCUT2D eigenvalue weighted by Gasteiger charge is -2.12. The van der Waals surface area contributed by atoms with Crippen molar-refractivity contribution in [1.29, 1.82) is 0 Å². The van der Waals surface area contributed by atoms with E-state index in [0.29, 0.717) is 0 Å². The number of nitrogens with zero attached hydrogens (tertiary/aromatic N) is 1. The van der Waals surface area contributed by atoms with E-state index in [-0.39, 0.29) is 5.78 Å². The molecule has 64 valence electrons. The lowest BCUT2D eigenvalue weighted by atomic mass is 10.0. The minimum absolute atomic E-state index is 0.0868. The van der Waals surface area contributed by atoms with Gasteiger partial charge in [-0.1, -0.05) is 18.2 Å². The summed E-state index contributed by atoms with van der Waals surface area (Å²) in [6, 6.07) is 0. The molecule has 12 heavy (non-hydrogen) atoms. The Morgan fingerprint density at radius 2 is 2.08 bits per heavy atom. The summed E-state index contributed by atoms with van der Waals surface area (Å²) in [4.78, 5) is 13.2.